The highest BCUT2D eigenvalue weighted by Gasteiger charge is 2.47. The highest BCUT2D eigenvalue weighted by molar-refractivity contribution is 5.91. The molecule has 0 aromatic rings. The molecule has 1 saturated heterocycles. The van der Waals surface area contributed by atoms with Crippen LogP contribution in [0.25, 0.3) is 0 Å². The number of aliphatic hydroxyl groups excluding tert-OH is 1. The maximum Gasteiger partial charge on any atom is 0.334 e. The van der Waals surface area contributed by atoms with Crippen molar-refractivity contribution in [1.29, 1.82) is 0 Å². The second kappa shape index (κ2) is 6.65. The highest BCUT2D eigenvalue weighted by Crippen LogP contribution is 2.43. The summed E-state index contributed by atoms with van der Waals surface area (Å²) in [5.41, 5.74) is 2.43. The fourth-order valence-corrected chi connectivity index (χ4v) is 3.55. The highest BCUT2D eigenvalue weighted by atomic mass is 16.6. The Balaban J connectivity index is 2.03. The molecule has 22 heavy (non-hydrogen) atoms. The molecule has 0 spiro atoms. The van der Waals surface area contributed by atoms with E-state index in [0.717, 1.165) is 24.0 Å². The average Bonchev–Trinajstić information content (AvgIpc) is 2.69. The molecular formula is C17H24O5. The van der Waals surface area contributed by atoms with Crippen LogP contribution in [-0.2, 0) is 19.1 Å². The van der Waals surface area contributed by atoms with Gasteiger partial charge in [-0.3, -0.25) is 4.79 Å². The van der Waals surface area contributed by atoms with Crippen LogP contribution >= 0.6 is 0 Å². The van der Waals surface area contributed by atoms with E-state index in [4.69, 9.17) is 9.47 Å². The lowest BCUT2D eigenvalue weighted by molar-refractivity contribution is -0.141. The molecule has 0 saturated carbocycles. The monoisotopic (exact) mass is 308 g/mol. The van der Waals surface area contributed by atoms with Crippen LogP contribution in [-0.4, -0.2) is 35.9 Å². The standard InChI is InChI=1S/C17H24O5/c1-9(6-5-7-21-12(4)18)14-10(2)8-13-15(16(14)19)11(3)17(20)22-13/h9,13,15-16,19H,3,5-8H2,1-2,4H3/t9-,13+,15+,16+/m0/s1. The van der Waals surface area contributed by atoms with E-state index in [1.54, 1.807) is 0 Å². The first-order valence-corrected chi connectivity index (χ1v) is 7.73. The molecule has 5 nitrogen and oxygen atoms in total. The van der Waals surface area contributed by atoms with Crippen LogP contribution in [0.5, 0.6) is 0 Å². The minimum Gasteiger partial charge on any atom is -0.466 e. The minimum atomic E-state index is -0.721. The van der Waals surface area contributed by atoms with Crippen LogP contribution in [0.15, 0.2) is 23.3 Å². The van der Waals surface area contributed by atoms with Gasteiger partial charge in [-0.1, -0.05) is 19.1 Å². The molecule has 1 aliphatic heterocycles. The predicted molar refractivity (Wildman–Crippen MR) is 80.9 cm³/mol. The molecule has 1 fully saturated rings. The van der Waals surface area contributed by atoms with Crippen LogP contribution in [0.1, 0.15) is 40.0 Å². The van der Waals surface area contributed by atoms with Gasteiger partial charge in [-0.05, 0) is 31.3 Å². The molecule has 1 aliphatic carbocycles. The van der Waals surface area contributed by atoms with Gasteiger partial charge in [-0.15, -0.1) is 0 Å². The Bertz CT molecular complexity index is 519. The Kier molecular flexibility index (Phi) is 5.06. The van der Waals surface area contributed by atoms with Crippen molar-refractivity contribution in [3.63, 3.8) is 0 Å². The Morgan fingerprint density at radius 3 is 2.86 bits per heavy atom. The molecule has 4 atom stereocenters. The van der Waals surface area contributed by atoms with E-state index in [1.807, 2.05) is 6.92 Å². The summed E-state index contributed by atoms with van der Waals surface area (Å²) >= 11 is 0. The van der Waals surface area contributed by atoms with Crippen molar-refractivity contribution in [2.45, 2.75) is 52.2 Å². The molecule has 122 valence electrons. The number of rotatable bonds is 5. The van der Waals surface area contributed by atoms with Crippen LogP contribution in [0.3, 0.4) is 0 Å². The lowest BCUT2D eigenvalue weighted by atomic mass is 9.73. The minimum absolute atomic E-state index is 0.162. The number of carbonyl (C=O) groups excluding carboxylic acids is 2. The number of hydrogen-bond acceptors (Lipinski definition) is 5. The van der Waals surface area contributed by atoms with Crippen LogP contribution in [0.2, 0.25) is 0 Å². The molecule has 0 aromatic heterocycles. The summed E-state index contributed by atoms with van der Waals surface area (Å²) < 4.78 is 10.2. The summed E-state index contributed by atoms with van der Waals surface area (Å²) in [4.78, 5) is 22.4. The zero-order valence-corrected chi connectivity index (χ0v) is 13.4. The van der Waals surface area contributed by atoms with E-state index in [2.05, 4.69) is 13.5 Å². The Labute approximate surface area is 131 Å². The van der Waals surface area contributed by atoms with Gasteiger partial charge in [-0.2, -0.15) is 0 Å². The Hall–Kier alpha value is -1.62. The van der Waals surface area contributed by atoms with Crippen molar-refractivity contribution in [3.05, 3.63) is 23.3 Å². The van der Waals surface area contributed by atoms with Crippen molar-refractivity contribution < 1.29 is 24.2 Å². The van der Waals surface area contributed by atoms with Crippen LogP contribution in [0, 0.1) is 11.8 Å². The molecule has 2 rings (SSSR count). The third-order valence-electron chi connectivity index (χ3n) is 4.60. The fraction of sp³-hybridized carbons (Fsp3) is 0.647. The Morgan fingerprint density at radius 2 is 2.23 bits per heavy atom. The molecule has 0 unspecified atom stereocenters. The molecule has 0 amide bonds. The van der Waals surface area contributed by atoms with Crippen molar-refractivity contribution in [2.75, 3.05) is 6.61 Å². The van der Waals surface area contributed by atoms with Gasteiger partial charge in [-0.25, -0.2) is 4.79 Å². The lowest BCUT2D eigenvalue weighted by Gasteiger charge is -2.35. The van der Waals surface area contributed by atoms with Crippen molar-refractivity contribution in [3.8, 4) is 0 Å². The average molecular weight is 308 g/mol. The van der Waals surface area contributed by atoms with Crippen LogP contribution in [0.4, 0.5) is 0 Å². The molecule has 0 bridgehead atoms. The first kappa shape index (κ1) is 16.7. The molecule has 0 radical (unpaired) electrons. The van der Waals surface area contributed by atoms with Gasteiger partial charge in [0.1, 0.15) is 6.10 Å². The summed E-state index contributed by atoms with van der Waals surface area (Å²) in [6.07, 6.45) is 1.20. The molecule has 0 aromatic carbocycles. The summed E-state index contributed by atoms with van der Waals surface area (Å²) in [7, 11) is 0. The first-order valence-electron chi connectivity index (χ1n) is 7.73. The third kappa shape index (κ3) is 3.24. The fourth-order valence-electron chi connectivity index (χ4n) is 3.55. The summed E-state index contributed by atoms with van der Waals surface area (Å²) in [5, 5.41) is 10.7. The number of esters is 2. The number of aliphatic hydroxyl groups is 1. The van der Waals surface area contributed by atoms with Crippen molar-refractivity contribution in [1.82, 2.24) is 0 Å². The zero-order chi connectivity index (χ0) is 16.4. The number of ether oxygens (including phenoxy) is 2. The van der Waals surface area contributed by atoms with E-state index >= 15 is 0 Å². The summed E-state index contributed by atoms with van der Waals surface area (Å²) in [5.74, 6) is -0.843. The summed E-state index contributed by atoms with van der Waals surface area (Å²) in [6.45, 7) is 9.58. The van der Waals surface area contributed by atoms with Gasteiger partial charge in [0.2, 0.25) is 0 Å². The molecule has 1 N–H and O–H groups in total. The van der Waals surface area contributed by atoms with E-state index in [0.29, 0.717) is 18.6 Å². The van der Waals surface area contributed by atoms with Crippen molar-refractivity contribution >= 4 is 11.9 Å². The second-order valence-electron chi connectivity index (χ2n) is 6.26. The van der Waals surface area contributed by atoms with Gasteiger partial charge in [0.25, 0.3) is 0 Å². The smallest absolute Gasteiger partial charge is 0.334 e. The number of hydrogen-bond donors (Lipinski definition) is 1. The van der Waals surface area contributed by atoms with E-state index in [-0.39, 0.29) is 23.9 Å². The van der Waals surface area contributed by atoms with Gasteiger partial charge in [0.15, 0.2) is 0 Å². The quantitative estimate of drug-likeness (QED) is 0.364. The number of carbonyl (C=O) groups is 2. The molecule has 2 aliphatic rings. The second-order valence-corrected chi connectivity index (χ2v) is 6.26. The summed E-state index contributed by atoms with van der Waals surface area (Å²) in [6, 6.07) is 0. The molecule has 1 heterocycles. The normalized spacial score (nSPS) is 29.2. The molecule has 5 heteroatoms. The van der Waals surface area contributed by atoms with Gasteiger partial charge in [0, 0.05) is 18.9 Å². The third-order valence-corrected chi connectivity index (χ3v) is 4.60. The van der Waals surface area contributed by atoms with Gasteiger partial charge >= 0.3 is 11.9 Å². The topological polar surface area (TPSA) is 72.8 Å². The van der Waals surface area contributed by atoms with E-state index in [1.165, 1.54) is 6.92 Å². The molecular weight excluding hydrogens is 284 g/mol. The van der Waals surface area contributed by atoms with E-state index in [9.17, 15) is 14.7 Å². The van der Waals surface area contributed by atoms with Gasteiger partial charge in [0.05, 0.1) is 18.6 Å². The lowest BCUT2D eigenvalue weighted by Crippen LogP contribution is -2.37. The van der Waals surface area contributed by atoms with Gasteiger partial charge < -0.3 is 14.6 Å². The first-order chi connectivity index (χ1) is 10.3. The maximum absolute atomic E-state index is 11.6. The zero-order valence-electron chi connectivity index (χ0n) is 13.4. The SMILES string of the molecule is C=C1C(=O)O[C@@H]2CC(C)=C([C@@H](C)CCCOC(C)=O)[C@@H](O)[C@H]12. The Morgan fingerprint density at radius 1 is 1.55 bits per heavy atom. The van der Waals surface area contributed by atoms with Crippen molar-refractivity contribution in [2.24, 2.45) is 11.8 Å². The van der Waals surface area contributed by atoms with E-state index < -0.39 is 12.1 Å². The predicted octanol–water partition coefficient (Wildman–Crippen LogP) is 2.14. The number of fused-ring (bicyclic) bond motifs is 1. The maximum atomic E-state index is 11.6. The largest absolute Gasteiger partial charge is 0.466 e. The van der Waals surface area contributed by atoms with Crippen LogP contribution < -0.4 is 0 Å².